The SMILES string of the molecule is Cc1cc(CN(C)CCO)c(O)c(C(C)(C)C)c1. The lowest BCUT2D eigenvalue weighted by Crippen LogP contribution is -2.22. The summed E-state index contributed by atoms with van der Waals surface area (Å²) >= 11 is 0. The van der Waals surface area contributed by atoms with Gasteiger partial charge < -0.3 is 10.2 Å². The maximum absolute atomic E-state index is 10.4. The molecule has 102 valence electrons. The third kappa shape index (κ3) is 3.72. The van der Waals surface area contributed by atoms with Crippen molar-refractivity contribution in [3.05, 3.63) is 28.8 Å². The molecule has 1 rings (SSSR count). The summed E-state index contributed by atoms with van der Waals surface area (Å²) < 4.78 is 0. The standard InChI is InChI=1S/C15H25NO2/c1-11-8-12(10-16(5)6-7-17)14(18)13(9-11)15(2,3)4/h8-9,17-18H,6-7,10H2,1-5H3. The molecule has 3 nitrogen and oxygen atoms in total. The van der Waals surface area contributed by atoms with Crippen molar-refractivity contribution in [3.63, 3.8) is 0 Å². The van der Waals surface area contributed by atoms with Crippen LogP contribution in [0.3, 0.4) is 0 Å². The van der Waals surface area contributed by atoms with Crippen LogP contribution in [0.1, 0.15) is 37.5 Å². The number of aliphatic hydroxyl groups excluding tert-OH is 1. The topological polar surface area (TPSA) is 43.7 Å². The lowest BCUT2D eigenvalue weighted by molar-refractivity contribution is 0.216. The molecule has 0 bridgehead atoms. The fraction of sp³-hybridized carbons (Fsp3) is 0.600. The molecule has 0 fully saturated rings. The maximum atomic E-state index is 10.4. The molecule has 18 heavy (non-hydrogen) atoms. The fourth-order valence-electron chi connectivity index (χ4n) is 2.09. The number of likely N-dealkylation sites (N-methyl/N-ethyl adjacent to an activating group) is 1. The Morgan fingerprint density at radius 3 is 2.33 bits per heavy atom. The predicted molar refractivity (Wildman–Crippen MR) is 75.0 cm³/mol. The van der Waals surface area contributed by atoms with Gasteiger partial charge >= 0.3 is 0 Å². The number of hydrogen-bond donors (Lipinski definition) is 2. The lowest BCUT2D eigenvalue weighted by atomic mass is 9.84. The molecule has 0 spiro atoms. The van der Waals surface area contributed by atoms with Crippen LogP contribution in [0.2, 0.25) is 0 Å². The van der Waals surface area contributed by atoms with Crippen molar-refractivity contribution in [2.45, 2.75) is 39.7 Å². The molecule has 0 saturated heterocycles. The van der Waals surface area contributed by atoms with Crippen LogP contribution < -0.4 is 0 Å². The van der Waals surface area contributed by atoms with E-state index in [2.05, 4.69) is 20.8 Å². The number of nitrogens with zero attached hydrogens (tertiary/aromatic N) is 1. The normalized spacial score (nSPS) is 12.2. The van der Waals surface area contributed by atoms with Gasteiger partial charge in [0.25, 0.3) is 0 Å². The summed E-state index contributed by atoms with van der Waals surface area (Å²) in [5, 5.41) is 19.3. The van der Waals surface area contributed by atoms with Gasteiger partial charge in [0.05, 0.1) is 6.61 Å². The Labute approximate surface area is 110 Å². The summed E-state index contributed by atoms with van der Waals surface area (Å²) in [6.45, 7) is 9.74. The van der Waals surface area contributed by atoms with Crippen LogP contribution in [0.25, 0.3) is 0 Å². The highest BCUT2D eigenvalue weighted by Gasteiger charge is 2.21. The van der Waals surface area contributed by atoms with E-state index in [1.54, 1.807) is 0 Å². The highest BCUT2D eigenvalue weighted by Crippen LogP contribution is 2.34. The second kappa shape index (κ2) is 5.72. The molecule has 1 aromatic carbocycles. The zero-order valence-electron chi connectivity index (χ0n) is 12.1. The predicted octanol–water partition coefficient (Wildman–Crippen LogP) is 2.42. The molecule has 3 heteroatoms. The number of hydrogen-bond acceptors (Lipinski definition) is 3. The monoisotopic (exact) mass is 251 g/mol. The van der Waals surface area contributed by atoms with E-state index < -0.39 is 0 Å². The first-order chi connectivity index (χ1) is 8.25. The number of aliphatic hydroxyl groups is 1. The first kappa shape index (κ1) is 15.0. The summed E-state index contributed by atoms with van der Waals surface area (Å²) in [6, 6.07) is 4.06. The molecule has 0 aliphatic carbocycles. The molecular weight excluding hydrogens is 226 g/mol. The molecule has 0 atom stereocenters. The minimum absolute atomic E-state index is 0.0690. The van der Waals surface area contributed by atoms with E-state index in [1.807, 2.05) is 31.0 Å². The highest BCUT2D eigenvalue weighted by atomic mass is 16.3. The van der Waals surface area contributed by atoms with Crippen LogP contribution in [0.5, 0.6) is 5.75 Å². The van der Waals surface area contributed by atoms with Crippen LogP contribution in [-0.2, 0) is 12.0 Å². The summed E-state index contributed by atoms with van der Waals surface area (Å²) in [5.74, 6) is 0.387. The third-order valence-corrected chi connectivity index (χ3v) is 3.06. The van der Waals surface area contributed by atoms with E-state index in [9.17, 15) is 5.11 Å². The molecule has 0 saturated carbocycles. The van der Waals surface area contributed by atoms with Gasteiger partial charge in [-0.2, -0.15) is 0 Å². The first-order valence-electron chi connectivity index (χ1n) is 6.38. The van der Waals surface area contributed by atoms with Crippen LogP contribution in [-0.4, -0.2) is 35.3 Å². The second-order valence-electron chi connectivity index (χ2n) is 6.03. The van der Waals surface area contributed by atoms with Gasteiger partial charge in [0, 0.05) is 18.7 Å². The Hall–Kier alpha value is -1.06. The highest BCUT2D eigenvalue weighted by molar-refractivity contribution is 5.46. The van der Waals surface area contributed by atoms with Gasteiger partial charge in [-0.25, -0.2) is 0 Å². The average molecular weight is 251 g/mol. The van der Waals surface area contributed by atoms with E-state index in [0.29, 0.717) is 18.8 Å². The average Bonchev–Trinajstić information content (AvgIpc) is 2.21. The molecule has 0 aliphatic heterocycles. The largest absolute Gasteiger partial charge is 0.507 e. The Morgan fingerprint density at radius 1 is 1.22 bits per heavy atom. The molecule has 0 aliphatic rings. The molecule has 0 unspecified atom stereocenters. The number of benzene rings is 1. The van der Waals surface area contributed by atoms with E-state index in [1.165, 1.54) is 0 Å². The van der Waals surface area contributed by atoms with E-state index >= 15 is 0 Å². The van der Waals surface area contributed by atoms with Crippen molar-refractivity contribution in [2.24, 2.45) is 0 Å². The molecule has 0 aromatic heterocycles. The smallest absolute Gasteiger partial charge is 0.123 e. The van der Waals surface area contributed by atoms with E-state index in [-0.39, 0.29) is 12.0 Å². The minimum Gasteiger partial charge on any atom is -0.507 e. The van der Waals surface area contributed by atoms with Crippen LogP contribution >= 0.6 is 0 Å². The molecule has 2 N–H and O–H groups in total. The summed E-state index contributed by atoms with van der Waals surface area (Å²) in [7, 11) is 1.94. The molecule has 1 aromatic rings. The molecular formula is C15H25NO2. The second-order valence-corrected chi connectivity index (χ2v) is 6.03. The van der Waals surface area contributed by atoms with Crippen LogP contribution in [0.4, 0.5) is 0 Å². The fourth-order valence-corrected chi connectivity index (χ4v) is 2.09. The summed E-state index contributed by atoms with van der Waals surface area (Å²) in [6.07, 6.45) is 0. The Kier molecular flexibility index (Phi) is 4.77. The number of phenolic OH excluding ortho intramolecular Hbond substituents is 1. The Morgan fingerprint density at radius 2 is 1.83 bits per heavy atom. The number of aromatic hydroxyl groups is 1. The number of rotatable bonds is 4. The first-order valence-corrected chi connectivity index (χ1v) is 6.38. The zero-order valence-corrected chi connectivity index (χ0v) is 12.1. The molecule has 0 amide bonds. The zero-order chi connectivity index (χ0) is 13.9. The summed E-state index contributed by atoms with van der Waals surface area (Å²) in [5.41, 5.74) is 3.00. The van der Waals surface area contributed by atoms with E-state index in [0.717, 1.165) is 16.7 Å². The lowest BCUT2D eigenvalue weighted by Gasteiger charge is -2.24. The maximum Gasteiger partial charge on any atom is 0.123 e. The molecule has 0 radical (unpaired) electrons. The van der Waals surface area contributed by atoms with Gasteiger partial charge in [0.2, 0.25) is 0 Å². The quantitative estimate of drug-likeness (QED) is 0.863. The number of phenols is 1. The van der Waals surface area contributed by atoms with Crippen molar-refractivity contribution in [3.8, 4) is 5.75 Å². The van der Waals surface area contributed by atoms with Crippen molar-refractivity contribution in [2.75, 3.05) is 20.2 Å². The summed E-state index contributed by atoms with van der Waals surface area (Å²) in [4.78, 5) is 2.00. The third-order valence-electron chi connectivity index (χ3n) is 3.06. The molecule has 0 heterocycles. The van der Waals surface area contributed by atoms with E-state index in [4.69, 9.17) is 5.11 Å². The minimum atomic E-state index is -0.0690. The van der Waals surface area contributed by atoms with Crippen molar-refractivity contribution in [1.82, 2.24) is 4.90 Å². The van der Waals surface area contributed by atoms with Crippen molar-refractivity contribution in [1.29, 1.82) is 0 Å². The number of aryl methyl sites for hydroxylation is 1. The Balaban J connectivity index is 3.09. The van der Waals surface area contributed by atoms with Gasteiger partial charge in [0.1, 0.15) is 5.75 Å². The van der Waals surface area contributed by atoms with Crippen molar-refractivity contribution < 1.29 is 10.2 Å². The van der Waals surface area contributed by atoms with Gasteiger partial charge in [-0.05, 0) is 24.9 Å². The van der Waals surface area contributed by atoms with Crippen LogP contribution in [0, 0.1) is 6.92 Å². The van der Waals surface area contributed by atoms with Crippen molar-refractivity contribution >= 4 is 0 Å². The van der Waals surface area contributed by atoms with Gasteiger partial charge in [-0.1, -0.05) is 38.5 Å². The van der Waals surface area contributed by atoms with Crippen LogP contribution in [0.15, 0.2) is 12.1 Å². The van der Waals surface area contributed by atoms with Gasteiger partial charge in [0.15, 0.2) is 0 Å². The Bertz CT molecular complexity index is 408. The van der Waals surface area contributed by atoms with Gasteiger partial charge in [-0.15, -0.1) is 0 Å². The van der Waals surface area contributed by atoms with Gasteiger partial charge in [-0.3, -0.25) is 4.90 Å².